The van der Waals surface area contributed by atoms with E-state index in [-0.39, 0.29) is 5.69 Å². The molecule has 6 heteroatoms. The summed E-state index contributed by atoms with van der Waals surface area (Å²) in [6, 6.07) is 4.36. The largest absolute Gasteiger partial charge is 0.464 e. The highest BCUT2D eigenvalue weighted by molar-refractivity contribution is 5.86. The number of hydrogen-bond donors (Lipinski definition) is 1. The first-order valence-electron chi connectivity index (χ1n) is 6.49. The van der Waals surface area contributed by atoms with Crippen LogP contribution in [-0.4, -0.2) is 53.9 Å². The Balaban J connectivity index is 1.94. The normalized spacial score (nSPS) is 23.9. The molecular formula is C13H20N4O2. The molecule has 1 aliphatic rings. The number of rotatable bonds is 3. The molecule has 2 rings (SSSR count). The van der Waals surface area contributed by atoms with Gasteiger partial charge in [0.15, 0.2) is 5.69 Å². The minimum atomic E-state index is -0.466. The maximum Gasteiger partial charge on any atom is 0.358 e. The highest BCUT2D eigenvalue weighted by Gasteiger charge is 2.22. The second kappa shape index (κ2) is 5.97. The zero-order valence-corrected chi connectivity index (χ0v) is 11.6. The van der Waals surface area contributed by atoms with E-state index in [0.29, 0.717) is 17.9 Å². The Kier molecular flexibility index (Phi) is 4.31. The minimum Gasteiger partial charge on any atom is -0.464 e. The summed E-state index contributed by atoms with van der Waals surface area (Å²) in [5, 5.41) is 11.2. The summed E-state index contributed by atoms with van der Waals surface area (Å²) in [5.41, 5.74) is 0.227. The molecule has 1 aromatic heterocycles. The van der Waals surface area contributed by atoms with Gasteiger partial charge in [-0.15, -0.1) is 10.2 Å². The standard InChI is InChI=1S/C13H20N4O2/c1-9-8-10(6-7-17(9)2)14-12-5-4-11(15-16-12)13(18)19-3/h4-5,9-10H,6-8H2,1-3H3,(H,14,16). The van der Waals surface area contributed by atoms with Gasteiger partial charge in [0.25, 0.3) is 0 Å². The Morgan fingerprint density at radius 1 is 1.47 bits per heavy atom. The van der Waals surface area contributed by atoms with Gasteiger partial charge < -0.3 is 15.0 Å². The summed E-state index contributed by atoms with van der Waals surface area (Å²) < 4.78 is 4.58. The molecule has 104 valence electrons. The molecule has 0 spiro atoms. The molecule has 1 N–H and O–H groups in total. The summed E-state index contributed by atoms with van der Waals surface area (Å²) in [6.07, 6.45) is 2.16. The van der Waals surface area contributed by atoms with Gasteiger partial charge >= 0.3 is 5.97 Å². The van der Waals surface area contributed by atoms with Gasteiger partial charge in [-0.1, -0.05) is 0 Å². The van der Waals surface area contributed by atoms with Crippen LogP contribution in [0.4, 0.5) is 5.82 Å². The Hall–Kier alpha value is -1.69. The second-order valence-electron chi connectivity index (χ2n) is 4.99. The van der Waals surface area contributed by atoms with Crippen LogP contribution in [0, 0.1) is 0 Å². The van der Waals surface area contributed by atoms with E-state index in [0.717, 1.165) is 19.4 Å². The van der Waals surface area contributed by atoms with Crippen molar-refractivity contribution >= 4 is 11.8 Å². The number of piperidine rings is 1. The predicted molar refractivity (Wildman–Crippen MR) is 72.1 cm³/mol. The molecule has 2 atom stereocenters. The predicted octanol–water partition coefficient (Wildman–Crippen LogP) is 1.16. The van der Waals surface area contributed by atoms with Gasteiger partial charge in [0.05, 0.1) is 7.11 Å². The number of aromatic nitrogens is 2. The average Bonchev–Trinajstić information content (AvgIpc) is 2.43. The van der Waals surface area contributed by atoms with E-state index < -0.39 is 5.97 Å². The summed E-state index contributed by atoms with van der Waals surface area (Å²) >= 11 is 0. The smallest absolute Gasteiger partial charge is 0.358 e. The van der Waals surface area contributed by atoms with Crippen molar-refractivity contribution in [2.75, 3.05) is 26.0 Å². The van der Waals surface area contributed by atoms with Gasteiger partial charge in [0.1, 0.15) is 5.82 Å². The molecule has 2 heterocycles. The van der Waals surface area contributed by atoms with E-state index in [1.165, 1.54) is 7.11 Å². The molecule has 1 aromatic rings. The maximum atomic E-state index is 11.2. The zero-order chi connectivity index (χ0) is 13.8. The summed E-state index contributed by atoms with van der Waals surface area (Å²) in [5.74, 6) is 0.237. The van der Waals surface area contributed by atoms with Crippen molar-refractivity contribution in [3.8, 4) is 0 Å². The van der Waals surface area contributed by atoms with Crippen molar-refractivity contribution in [1.29, 1.82) is 0 Å². The van der Waals surface area contributed by atoms with Crippen LogP contribution in [0.3, 0.4) is 0 Å². The molecule has 19 heavy (non-hydrogen) atoms. The topological polar surface area (TPSA) is 67.3 Å². The monoisotopic (exact) mass is 264 g/mol. The quantitative estimate of drug-likeness (QED) is 0.826. The number of ether oxygens (including phenoxy) is 1. The first-order valence-corrected chi connectivity index (χ1v) is 6.49. The third-order valence-corrected chi connectivity index (χ3v) is 3.62. The third kappa shape index (κ3) is 3.41. The highest BCUT2D eigenvalue weighted by Crippen LogP contribution is 2.18. The highest BCUT2D eigenvalue weighted by atomic mass is 16.5. The first-order chi connectivity index (χ1) is 9.10. The van der Waals surface area contributed by atoms with Gasteiger partial charge in [-0.2, -0.15) is 0 Å². The van der Waals surface area contributed by atoms with Crippen LogP contribution in [-0.2, 0) is 4.74 Å². The molecule has 0 aromatic carbocycles. The zero-order valence-electron chi connectivity index (χ0n) is 11.6. The lowest BCUT2D eigenvalue weighted by Crippen LogP contribution is -2.42. The molecule has 1 fully saturated rings. The van der Waals surface area contributed by atoms with Gasteiger partial charge in [-0.25, -0.2) is 4.79 Å². The van der Waals surface area contributed by atoms with E-state index in [1.54, 1.807) is 12.1 Å². The van der Waals surface area contributed by atoms with Crippen LogP contribution in [0.2, 0.25) is 0 Å². The fraction of sp³-hybridized carbons (Fsp3) is 0.615. The molecule has 1 aliphatic heterocycles. The van der Waals surface area contributed by atoms with E-state index in [2.05, 4.69) is 39.1 Å². The van der Waals surface area contributed by atoms with Crippen LogP contribution in [0.15, 0.2) is 12.1 Å². The van der Waals surface area contributed by atoms with Crippen molar-refractivity contribution in [2.24, 2.45) is 0 Å². The fourth-order valence-electron chi connectivity index (χ4n) is 2.25. The number of methoxy groups -OCH3 is 1. The van der Waals surface area contributed by atoms with E-state index in [4.69, 9.17) is 0 Å². The molecule has 0 aliphatic carbocycles. The average molecular weight is 264 g/mol. The van der Waals surface area contributed by atoms with Gasteiger partial charge in [-0.3, -0.25) is 0 Å². The summed E-state index contributed by atoms with van der Waals surface area (Å²) in [7, 11) is 3.47. The van der Waals surface area contributed by atoms with Gasteiger partial charge in [0.2, 0.25) is 0 Å². The summed E-state index contributed by atoms with van der Waals surface area (Å²) in [4.78, 5) is 13.6. The van der Waals surface area contributed by atoms with Crippen molar-refractivity contribution < 1.29 is 9.53 Å². The number of hydrogen-bond acceptors (Lipinski definition) is 6. The van der Waals surface area contributed by atoms with Crippen LogP contribution >= 0.6 is 0 Å². The number of anilines is 1. The molecule has 1 saturated heterocycles. The summed E-state index contributed by atoms with van der Waals surface area (Å²) in [6.45, 7) is 3.30. The molecular weight excluding hydrogens is 244 g/mol. The number of nitrogens with one attached hydrogen (secondary N) is 1. The van der Waals surface area contributed by atoms with Gasteiger partial charge in [0, 0.05) is 18.6 Å². The molecule has 6 nitrogen and oxygen atoms in total. The number of nitrogens with zero attached hydrogens (tertiary/aromatic N) is 3. The maximum absolute atomic E-state index is 11.2. The molecule has 0 radical (unpaired) electrons. The molecule has 0 bridgehead atoms. The van der Waals surface area contributed by atoms with Crippen LogP contribution in [0.5, 0.6) is 0 Å². The SMILES string of the molecule is COC(=O)c1ccc(NC2CCN(C)C(C)C2)nn1. The van der Waals surface area contributed by atoms with Crippen molar-refractivity contribution in [1.82, 2.24) is 15.1 Å². The van der Waals surface area contributed by atoms with Crippen molar-refractivity contribution in [2.45, 2.75) is 31.8 Å². The Bertz CT molecular complexity index is 435. The number of esters is 1. The Morgan fingerprint density at radius 2 is 2.26 bits per heavy atom. The van der Waals surface area contributed by atoms with Crippen LogP contribution < -0.4 is 5.32 Å². The number of likely N-dealkylation sites (tertiary alicyclic amines) is 1. The molecule has 0 saturated carbocycles. The van der Waals surface area contributed by atoms with Crippen LogP contribution in [0.25, 0.3) is 0 Å². The lowest BCUT2D eigenvalue weighted by molar-refractivity contribution is 0.0593. The van der Waals surface area contributed by atoms with E-state index in [1.807, 2.05) is 0 Å². The molecule has 0 amide bonds. The minimum absolute atomic E-state index is 0.227. The third-order valence-electron chi connectivity index (χ3n) is 3.62. The Labute approximate surface area is 113 Å². The molecule has 2 unspecified atom stereocenters. The van der Waals surface area contributed by atoms with E-state index in [9.17, 15) is 4.79 Å². The van der Waals surface area contributed by atoms with Crippen molar-refractivity contribution in [3.05, 3.63) is 17.8 Å². The van der Waals surface area contributed by atoms with Crippen molar-refractivity contribution in [3.63, 3.8) is 0 Å². The number of carbonyl (C=O) groups excluding carboxylic acids is 1. The van der Waals surface area contributed by atoms with Gasteiger partial charge in [-0.05, 0) is 38.9 Å². The number of carbonyl (C=O) groups is 1. The second-order valence-corrected chi connectivity index (χ2v) is 4.99. The lowest BCUT2D eigenvalue weighted by atomic mass is 9.99. The Morgan fingerprint density at radius 3 is 2.84 bits per heavy atom. The lowest BCUT2D eigenvalue weighted by Gasteiger charge is -2.35. The fourth-order valence-corrected chi connectivity index (χ4v) is 2.25. The van der Waals surface area contributed by atoms with E-state index >= 15 is 0 Å². The van der Waals surface area contributed by atoms with Crippen LogP contribution in [0.1, 0.15) is 30.3 Å². The first kappa shape index (κ1) is 13.7.